The summed E-state index contributed by atoms with van der Waals surface area (Å²) in [5, 5.41) is 2.20. The lowest BCUT2D eigenvalue weighted by Gasteiger charge is -2.20. The van der Waals surface area contributed by atoms with Crippen LogP contribution in [0.25, 0.3) is 0 Å². The summed E-state index contributed by atoms with van der Waals surface area (Å²) in [6.07, 6.45) is 0. The number of benzene rings is 3. The standard InChI is InChI=1S/C18H15O6PS3/c19-26(20)16-7-1-4-13(10-16)25(14-5-2-8-17(11-14)27(21)22)15-6-3-9-18(12-15)28(23)24/h1-12H,(H,19,20)(H,21,22)(H,23,24). The maximum atomic E-state index is 11.5. The Balaban J connectivity index is 2.22. The van der Waals surface area contributed by atoms with Crippen molar-refractivity contribution in [1.82, 2.24) is 0 Å². The van der Waals surface area contributed by atoms with Crippen molar-refractivity contribution in [3.8, 4) is 0 Å². The van der Waals surface area contributed by atoms with Gasteiger partial charge in [-0.05, 0) is 60.2 Å². The molecule has 0 aliphatic carbocycles. The number of hydrogen-bond acceptors (Lipinski definition) is 3. The Morgan fingerprint density at radius 2 is 0.821 bits per heavy atom. The molecular weight excluding hydrogens is 439 g/mol. The van der Waals surface area contributed by atoms with E-state index in [9.17, 15) is 26.3 Å². The van der Waals surface area contributed by atoms with Crippen molar-refractivity contribution in [3.63, 3.8) is 0 Å². The Hall–Kier alpha value is -1.58. The van der Waals surface area contributed by atoms with Gasteiger partial charge in [-0.3, -0.25) is 0 Å². The van der Waals surface area contributed by atoms with Crippen molar-refractivity contribution in [2.45, 2.75) is 14.7 Å². The molecule has 0 aromatic heterocycles. The second kappa shape index (κ2) is 9.28. The van der Waals surface area contributed by atoms with Crippen LogP contribution in [0.2, 0.25) is 0 Å². The van der Waals surface area contributed by atoms with E-state index in [1.807, 2.05) is 0 Å². The van der Waals surface area contributed by atoms with Gasteiger partial charge in [0.25, 0.3) is 0 Å². The van der Waals surface area contributed by atoms with Gasteiger partial charge in [-0.2, -0.15) is 0 Å². The third-order valence-corrected chi connectivity index (χ3v) is 8.19. The van der Waals surface area contributed by atoms with Gasteiger partial charge in [0.15, 0.2) is 33.2 Å². The second-order valence-corrected chi connectivity index (χ2v) is 10.7. The first-order valence-electron chi connectivity index (χ1n) is 7.80. The molecule has 6 nitrogen and oxygen atoms in total. The van der Waals surface area contributed by atoms with Crippen LogP contribution >= 0.6 is 7.92 Å². The average molecular weight is 454 g/mol. The molecule has 3 N–H and O–H groups in total. The van der Waals surface area contributed by atoms with Crippen LogP contribution in [-0.2, 0) is 33.2 Å². The molecule has 0 spiro atoms. The maximum Gasteiger partial charge on any atom is 0.186 e. The Morgan fingerprint density at radius 3 is 1.07 bits per heavy atom. The van der Waals surface area contributed by atoms with Gasteiger partial charge < -0.3 is 13.7 Å². The van der Waals surface area contributed by atoms with Crippen molar-refractivity contribution in [2.75, 3.05) is 0 Å². The number of rotatable bonds is 6. The van der Waals surface area contributed by atoms with Crippen molar-refractivity contribution in [2.24, 2.45) is 0 Å². The van der Waals surface area contributed by atoms with E-state index in [1.165, 1.54) is 18.2 Å². The minimum absolute atomic E-state index is 0.230. The molecule has 0 saturated heterocycles. The first-order chi connectivity index (χ1) is 13.4. The van der Waals surface area contributed by atoms with Gasteiger partial charge in [-0.15, -0.1) is 0 Å². The Morgan fingerprint density at radius 1 is 0.536 bits per heavy atom. The molecule has 3 unspecified atom stereocenters. The molecule has 0 heterocycles. The SMILES string of the molecule is O=S(O)c1cccc(P(c2cccc(S(=O)O)c2)c2cccc(S(=O)O)c2)c1. The van der Waals surface area contributed by atoms with Crippen LogP contribution in [0.1, 0.15) is 0 Å². The van der Waals surface area contributed by atoms with Crippen molar-refractivity contribution in [3.05, 3.63) is 72.8 Å². The smallest absolute Gasteiger partial charge is 0.186 e. The minimum atomic E-state index is -2.16. The highest BCUT2D eigenvalue weighted by Gasteiger charge is 2.20. The first kappa shape index (κ1) is 21.1. The quantitative estimate of drug-likeness (QED) is 0.389. The van der Waals surface area contributed by atoms with Gasteiger partial charge in [0.1, 0.15) is 0 Å². The monoisotopic (exact) mass is 454 g/mol. The van der Waals surface area contributed by atoms with Crippen LogP contribution < -0.4 is 15.9 Å². The molecule has 0 saturated carbocycles. The Kier molecular flexibility index (Phi) is 7.00. The molecule has 0 amide bonds. The second-order valence-electron chi connectivity index (χ2n) is 5.57. The van der Waals surface area contributed by atoms with Gasteiger partial charge in [0, 0.05) is 0 Å². The van der Waals surface area contributed by atoms with E-state index >= 15 is 0 Å². The fraction of sp³-hybridized carbons (Fsp3) is 0. The lowest BCUT2D eigenvalue weighted by molar-refractivity contribution is 0.563. The molecule has 146 valence electrons. The summed E-state index contributed by atoms with van der Waals surface area (Å²) in [6.45, 7) is 0. The molecule has 0 radical (unpaired) electrons. The van der Waals surface area contributed by atoms with Crippen molar-refractivity contribution >= 4 is 57.1 Å². The molecule has 3 aromatic rings. The Bertz CT molecular complexity index is 951. The van der Waals surface area contributed by atoms with Gasteiger partial charge >= 0.3 is 0 Å². The molecule has 0 aliphatic heterocycles. The summed E-state index contributed by atoms with van der Waals surface area (Å²) < 4.78 is 62.8. The fourth-order valence-electron chi connectivity index (χ4n) is 2.64. The molecule has 10 heteroatoms. The summed E-state index contributed by atoms with van der Waals surface area (Å²) in [7, 11) is -1.31. The van der Waals surface area contributed by atoms with Crippen LogP contribution in [0.4, 0.5) is 0 Å². The van der Waals surface area contributed by atoms with Crippen molar-refractivity contribution in [1.29, 1.82) is 0 Å². The highest BCUT2D eigenvalue weighted by molar-refractivity contribution is 7.81. The van der Waals surface area contributed by atoms with E-state index in [2.05, 4.69) is 0 Å². The maximum absolute atomic E-state index is 11.5. The predicted octanol–water partition coefficient (Wildman–Crippen LogP) is 2.19. The molecule has 0 aliphatic rings. The number of hydrogen-bond donors (Lipinski definition) is 3. The Labute approximate surface area is 170 Å². The highest BCUT2D eigenvalue weighted by Crippen LogP contribution is 2.34. The summed E-state index contributed by atoms with van der Waals surface area (Å²) in [6, 6.07) is 19.8. The summed E-state index contributed by atoms with van der Waals surface area (Å²) in [4.78, 5) is 0.691. The van der Waals surface area contributed by atoms with E-state index in [0.29, 0.717) is 0 Å². The summed E-state index contributed by atoms with van der Waals surface area (Å²) in [5.74, 6) is 0. The van der Waals surface area contributed by atoms with E-state index in [1.54, 1.807) is 54.6 Å². The van der Waals surface area contributed by atoms with Crippen LogP contribution in [0, 0.1) is 0 Å². The zero-order chi connectivity index (χ0) is 20.3. The van der Waals surface area contributed by atoms with Gasteiger partial charge in [-0.25, -0.2) is 12.6 Å². The zero-order valence-electron chi connectivity index (χ0n) is 14.2. The molecule has 0 fully saturated rings. The lowest BCUT2D eigenvalue weighted by Crippen LogP contribution is -2.22. The normalized spacial score (nSPS) is 15.5. The van der Waals surface area contributed by atoms with E-state index in [0.717, 1.165) is 15.9 Å². The molecule has 3 atom stereocenters. The third-order valence-electron chi connectivity index (χ3n) is 3.83. The lowest BCUT2D eigenvalue weighted by atomic mass is 10.3. The first-order valence-corrected chi connectivity index (χ1v) is 12.5. The van der Waals surface area contributed by atoms with Crippen LogP contribution in [0.3, 0.4) is 0 Å². The van der Waals surface area contributed by atoms with E-state index in [4.69, 9.17) is 0 Å². The van der Waals surface area contributed by atoms with Gasteiger partial charge in [0.05, 0.1) is 14.7 Å². The summed E-state index contributed by atoms with van der Waals surface area (Å²) in [5.41, 5.74) is 0. The summed E-state index contributed by atoms with van der Waals surface area (Å²) >= 11 is -6.48. The molecular formula is C18H15O6PS3. The third kappa shape index (κ3) is 4.87. The van der Waals surface area contributed by atoms with E-state index in [-0.39, 0.29) is 14.7 Å². The molecule has 3 rings (SSSR count). The minimum Gasteiger partial charge on any atom is -0.302 e. The molecule has 0 bridgehead atoms. The fourth-order valence-corrected chi connectivity index (χ4v) is 6.58. The van der Waals surface area contributed by atoms with Crippen LogP contribution in [0.5, 0.6) is 0 Å². The molecule has 28 heavy (non-hydrogen) atoms. The topological polar surface area (TPSA) is 112 Å². The van der Waals surface area contributed by atoms with E-state index < -0.39 is 41.2 Å². The van der Waals surface area contributed by atoms with Gasteiger partial charge in [0.2, 0.25) is 0 Å². The zero-order valence-corrected chi connectivity index (χ0v) is 17.5. The van der Waals surface area contributed by atoms with Crippen LogP contribution in [0.15, 0.2) is 87.5 Å². The average Bonchev–Trinajstić information content (AvgIpc) is 2.69. The molecule has 3 aromatic carbocycles. The van der Waals surface area contributed by atoms with Crippen LogP contribution in [-0.4, -0.2) is 26.3 Å². The predicted molar refractivity (Wildman–Crippen MR) is 112 cm³/mol. The highest BCUT2D eigenvalue weighted by atomic mass is 32.2. The van der Waals surface area contributed by atoms with Crippen molar-refractivity contribution < 1.29 is 26.3 Å². The largest absolute Gasteiger partial charge is 0.302 e. The van der Waals surface area contributed by atoms with Gasteiger partial charge in [-0.1, -0.05) is 36.4 Å².